The lowest BCUT2D eigenvalue weighted by atomic mass is 10.2. The Kier molecular flexibility index (Phi) is 14.2. The van der Waals surface area contributed by atoms with Gasteiger partial charge in [-0.2, -0.15) is 0 Å². The van der Waals surface area contributed by atoms with E-state index in [-0.39, 0.29) is 6.61 Å². The fraction of sp³-hybridized carbons (Fsp3) is 0.143. The maximum Gasteiger partial charge on any atom is 0.138 e. The molecule has 6 nitrogen and oxygen atoms in total. The van der Waals surface area contributed by atoms with Crippen LogP contribution in [-0.4, -0.2) is 0 Å². The fourth-order valence-electron chi connectivity index (χ4n) is 5.96. The second-order valence-electron chi connectivity index (χ2n) is 13.3. The van der Waals surface area contributed by atoms with Gasteiger partial charge in [-0.3, -0.25) is 0 Å². The molecule has 0 saturated carbocycles. The van der Waals surface area contributed by atoms with Crippen LogP contribution < -0.4 is 28.4 Å². The van der Waals surface area contributed by atoms with Gasteiger partial charge in [0.25, 0.3) is 0 Å². The standard InChI is InChI=1S/C49H42Br2O6/c50-29-40-21-43(54-34-41-23-45(52-30-36-13-5-1-6-14-36)28-46(24-41)53-31-37-15-7-2-8-16-37)27-44(22-40)55-35-42-25-47(56-32-38-17-9-3-10-18-38)49(51)48(26-42)57-33-39-19-11-4-12-20-39/h1-28H,29-35H2. The average molecular weight is 887 g/mol. The highest BCUT2D eigenvalue weighted by Gasteiger charge is 2.14. The van der Waals surface area contributed by atoms with E-state index in [1.807, 2.05) is 170 Å². The van der Waals surface area contributed by atoms with Gasteiger partial charge in [0.15, 0.2) is 0 Å². The molecule has 288 valence electrons. The summed E-state index contributed by atoms with van der Waals surface area (Å²) in [6.45, 7) is 2.29. The molecule has 0 heterocycles. The number of benzene rings is 7. The summed E-state index contributed by atoms with van der Waals surface area (Å²) in [6, 6.07) is 56.2. The molecule has 0 N–H and O–H groups in total. The van der Waals surface area contributed by atoms with E-state index in [0.717, 1.165) is 43.4 Å². The topological polar surface area (TPSA) is 55.4 Å². The van der Waals surface area contributed by atoms with Crippen LogP contribution in [0.3, 0.4) is 0 Å². The van der Waals surface area contributed by atoms with E-state index in [4.69, 9.17) is 28.4 Å². The number of hydrogen-bond acceptors (Lipinski definition) is 6. The van der Waals surface area contributed by atoms with Crippen LogP contribution in [0, 0.1) is 0 Å². The summed E-state index contributed by atoms with van der Waals surface area (Å²) in [7, 11) is 0. The second-order valence-corrected chi connectivity index (χ2v) is 14.7. The zero-order valence-electron chi connectivity index (χ0n) is 31.3. The van der Waals surface area contributed by atoms with E-state index < -0.39 is 0 Å². The molecule has 0 fully saturated rings. The lowest BCUT2D eigenvalue weighted by Gasteiger charge is -2.17. The first-order valence-electron chi connectivity index (χ1n) is 18.6. The van der Waals surface area contributed by atoms with Gasteiger partial charge in [0.1, 0.15) is 78.6 Å². The van der Waals surface area contributed by atoms with Gasteiger partial charge in [-0.1, -0.05) is 137 Å². The van der Waals surface area contributed by atoms with Crippen LogP contribution in [0.1, 0.15) is 38.9 Å². The predicted octanol–water partition coefficient (Wildman–Crippen LogP) is 12.8. The smallest absolute Gasteiger partial charge is 0.138 e. The van der Waals surface area contributed by atoms with E-state index >= 15 is 0 Å². The quantitative estimate of drug-likeness (QED) is 0.0754. The summed E-state index contributed by atoms with van der Waals surface area (Å²) >= 11 is 7.37. The first kappa shape index (κ1) is 39.5. The van der Waals surface area contributed by atoms with Gasteiger partial charge in [-0.15, -0.1) is 0 Å². The summed E-state index contributed by atoms with van der Waals surface area (Å²) in [6.07, 6.45) is 0. The third-order valence-corrected chi connectivity index (χ3v) is 10.3. The van der Waals surface area contributed by atoms with Crippen molar-refractivity contribution in [2.45, 2.75) is 45.0 Å². The monoisotopic (exact) mass is 884 g/mol. The summed E-state index contributed by atoms with van der Waals surface area (Å²) in [5.74, 6) is 4.10. The maximum absolute atomic E-state index is 6.42. The minimum atomic E-state index is 0.283. The van der Waals surface area contributed by atoms with Crippen LogP contribution in [-0.2, 0) is 45.0 Å². The van der Waals surface area contributed by atoms with Gasteiger partial charge >= 0.3 is 0 Å². The van der Waals surface area contributed by atoms with Gasteiger partial charge in [0, 0.05) is 17.5 Å². The Labute approximate surface area is 351 Å². The number of halogens is 2. The molecule has 0 unspecified atom stereocenters. The molecule has 0 aromatic heterocycles. The molecule has 0 bridgehead atoms. The van der Waals surface area contributed by atoms with Crippen LogP contribution in [0.2, 0.25) is 0 Å². The molecule has 0 aliphatic carbocycles. The van der Waals surface area contributed by atoms with Crippen molar-refractivity contribution in [1.82, 2.24) is 0 Å². The Morgan fingerprint density at radius 2 is 0.579 bits per heavy atom. The second kappa shape index (κ2) is 20.5. The first-order valence-corrected chi connectivity index (χ1v) is 20.6. The van der Waals surface area contributed by atoms with Gasteiger partial charge < -0.3 is 28.4 Å². The Hall–Kier alpha value is -5.70. The number of hydrogen-bond donors (Lipinski definition) is 0. The Balaban J connectivity index is 1.06. The number of rotatable bonds is 19. The molecular weight excluding hydrogens is 844 g/mol. The van der Waals surface area contributed by atoms with Crippen molar-refractivity contribution < 1.29 is 28.4 Å². The molecule has 57 heavy (non-hydrogen) atoms. The van der Waals surface area contributed by atoms with E-state index in [9.17, 15) is 0 Å². The number of alkyl halides is 1. The summed E-state index contributed by atoms with van der Waals surface area (Å²) in [5.41, 5.74) is 7.13. The molecule has 0 spiro atoms. The van der Waals surface area contributed by atoms with Crippen molar-refractivity contribution in [3.05, 3.63) is 213 Å². The Bertz CT molecular complexity index is 2180. The van der Waals surface area contributed by atoms with E-state index in [1.54, 1.807) is 0 Å². The van der Waals surface area contributed by atoms with E-state index in [1.165, 1.54) is 0 Å². The van der Waals surface area contributed by atoms with Crippen LogP contribution >= 0.6 is 31.9 Å². The zero-order chi connectivity index (χ0) is 39.1. The average Bonchev–Trinajstić information content (AvgIpc) is 3.27. The fourth-order valence-corrected chi connectivity index (χ4v) is 6.74. The maximum atomic E-state index is 6.42. The summed E-state index contributed by atoms with van der Waals surface area (Å²) in [5, 5.41) is 0.633. The van der Waals surface area contributed by atoms with Gasteiger partial charge in [-0.25, -0.2) is 0 Å². The van der Waals surface area contributed by atoms with Crippen molar-refractivity contribution in [3.63, 3.8) is 0 Å². The highest BCUT2D eigenvalue weighted by Crippen LogP contribution is 2.38. The van der Waals surface area contributed by atoms with Crippen LogP contribution in [0.15, 0.2) is 174 Å². The Morgan fingerprint density at radius 1 is 0.298 bits per heavy atom. The normalized spacial score (nSPS) is 10.8. The highest BCUT2D eigenvalue weighted by molar-refractivity contribution is 9.10. The summed E-state index contributed by atoms with van der Waals surface area (Å²) in [4.78, 5) is 0. The van der Waals surface area contributed by atoms with Crippen LogP contribution in [0.25, 0.3) is 0 Å². The highest BCUT2D eigenvalue weighted by atomic mass is 79.9. The van der Waals surface area contributed by atoms with Gasteiger partial charge in [0.2, 0.25) is 0 Å². The van der Waals surface area contributed by atoms with Crippen molar-refractivity contribution in [1.29, 1.82) is 0 Å². The minimum absolute atomic E-state index is 0.283. The van der Waals surface area contributed by atoms with Crippen molar-refractivity contribution in [3.8, 4) is 34.5 Å². The van der Waals surface area contributed by atoms with Crippen LogP contribution in [0.5, 0.6) is 34.5 Å². The predicted molar refractivity (Wildman–Crippen MR) is 231 cm³/mol. The molecular formula is C49H42Br2O6. The minimum Gasteiger partial charge on any atom is -0.489 e. The van der Waals surface area contributed by atoms with E-state index in [2.05, 4.69) is 31.9 Å². The van der Waals surface area contributed by atoms with Gasteiger partial charge in [-0.05, 0) is 91.3 Å². The lowest BCUT2D eigenvalue weighted by molar-refractivity contribution is 0.274. The molecule has 0 aliphatic heterocycles. The molecule has 0 saturated heterocycles. The molecule has 7 aromatic carbocycles. The summed E-state index contributed by atoms with van der Waals surface area (Å²) < 4.78 is 38.6. The molecule has 7 aromatic rings. The molecule has 0 atom stereocenters. The lowest BCUT2D eigenvalue weighted by Crippen LogP contribution is -2.03. The molecule has 8 heteroatoms. The molecule has 0 amide bonds. The number of ether oxygens (including phenoxy) is 6. The third-order valence-electron chi connectivity index (χ3n) is 8.88. The molecule has 0 radical (unpaired) electrons. The van der Waals surface area contributed by atoms with Gasteiger partial charge in [0.05, 0.1) is 0 Å². The molecule has 7 rings (SSSR count). The first-order chi connectivity index (χ1) is 28.1. The van der Waals surface area contributed by atoms with Crippen molar-refractivity contribution in [2.75, 3.05) is 0 Å². The van der Waals surface area contributed by atoms with E-state index in [0.29, 0.717) is 72.9 Å². The zero-order valence-corrected chi connectivity index (χ0v) is 34.5. The van der Waals surface area contributed by atoms with Crippen molar-refractivity contribution >= 4 is 31.9 Å². The van der Waals surface area contributed by atoms with Crippen LogP contribution in [0.4, 0.5) is 0 Å². The Morgan fingerprint density at radius 3 is 0.912 bits per heavy atom. The largest absolute Gasteiger partial charge is 0.489 e. The van der Waals surface area contributed by atoms with Crippen molar-refractivity contribution in [2.24, 2.45) is 0 Å². The third kappa shape index (κ3) is 12.1. The SMILES string of the molecule is BrCc1cc(OCc2cc(OCc3ccccc3)cc(OCc3ccccc3)c2)cc(OCc2cc(OCc3ccccc3)c(Br)c(OCc3ccccc3)c2)c1. The molecule has 0 aliphatic rings.